The van der Waals surface area contributed by atoms with Crippen LogP contribution in [0.3, 0.4) is 0 Å². The van der Waals surface area contributed by atoms with Gasteiger partial charge in [-0.25, -0.2) is 0 Å². The Kier molecular flexibility index (Phi) is 7.40. The van der Waals surface area contributed by atoms with Crippen LogP contribution in [0.5, 0.6) is 0 Å². The van der Waals surface area contributed by atoms with Gasteiger partial charge < -0.3 is 14.2 Å². The molecular formula is C20H34O4. The first-order chi connectivity index (χ1) is 11.8. The first-order valence-electron chi connectivity index (χ1n) is 10.2. The molecule has 0 spiro atoms. The Morgan fingerprint density at radius 3 is 1.75 bits per heavy atom. The number of ether oxygens (including phenoxy) is 3. The quantitative estimate of drug-likeness (QED) is 0.510. The highest BCUT2D eigenvalue weighted by atomic mass is 16.5. The lowest BCUT2D eigenvalue weighted by atomic mass is 9.87. The summed E-state index contributed by atoms with van der Waals surface area (Å²) in [4.78, 5) is 12.2. The third-order valence-electron chi connectivity index (χ3n) is 5.94. The highest BCUT2D eigenvalue weighted by Crippen LogP contribution is 2.29. The van der Waals surface area contributed by atoms with Gasteiger partial charge in [0.05, 0.1) is 31.3 Å². The lowest BCUT2D eigenvalue weighted by Crippen LogP contribution is -2.30. The smallest absolute Gasteiger partial charge is 0.309 e. The molecule has 4 nitrogen and oxygen atoms in total. The monoisotopic (exact) mass is 338 g/mol. The number of esters is 1. The molecule has 0 amide bonds. The second kappa shape index (κ2) is 9.76. The fourth-order valence-electron chi connectivity index (χ4n) is 4.39. The van der Waals surface area contributed by atoms with E-state index in [-0.39, 0.29) is 18.0 Å². The molecule has 0 saturated heterocycles. The molecule has 0 aromatic rings. The Morgan fingerprint density at radius 2 is 1.12 bits per heavy atom. The first kappa shape index (κ1) is 18.2. The summed E-state index contributed by atoms with van der Waals surface area (Å²) in [6.45, 7) is 1.41. The van der Waals surface area contributed by atoms with Gasteiger partial charge in [0, 0.05) is 0 Å². The Balaban J connectivity index is 1.24. The van der Waals surface area contributed by atoms with Gasteiger partial charge in [0.25, 0.3) is 0 Å². The van der Waals surface area contributed by atoms with Crippen LogP contribution >= 0.6 is 0 Å². The van der Waals surface area contributed by atoms with Crippen LogP contribution in [0.1, 0.15) is 83.5 Å². The standard InChI is InChI=1S/C20H34O4/c21-20(24-19-8-4-5-9-19)16-10-12-18(13-11-16)23-15-14-22-17-6-2-1-3-7-17/h16-19H,1-15H2. The van der Waals surface area contributed by atoms with Gasteiger partial charge >= 0.3 is 5.97 Å². The molecule has 3 aliphatic rings. The zero-order valence-corrected chi connectivity index (χ0v) is 15.0. The number of rotatable bonds is 7. The van der Waals surface area contributed by atoms with Gasteiger partial charge in [-0.2, -0.15) is 0 Å². The lowest BCUT2D eigenvalue weighted by Gasteiger charge is -2.28. The molecule has 0 aromatic carbocycles. The van der Waals surface area contributed by atoms with Crippen LogP contribution in [0, 0.1) is 5.92 Å². The topological polar surface area (TPSA) is 44.8 Å². The second-order valence-corrected chi connectivity index (χ2v) is 7.82. The average molecular weight is 338 g/mol. The predicted molar refractivity (Wildman–Crippen MR) is 92.9 cm³/mol. The van der Waals surface area contributed by atoms with Crippen molar-refractivity contribution in [2.45, 2.75) is 102 Å². The Labute approximate surface area is 146 Å². The number of carbonyl (C=O) groups is 1. The zero-order valence-electron chi connectivity index (χ0n) is 15.0. The summed E-state index contributed by atoms with van der Waals surface area (Å²) in [6, 6.07) is 0. The minimum Gasteiger partial charge on any atom is -0.462 e. The van der Waals surface area contributed by atoms with Crippen molar-refractivity contribution in [3.8, 4) is 0 Å². The summed E-state index contributed by atoms with van der Waals surface area (Å²) in [7, 11) is 0. The maximum Gasteiger partial charge on any atom is 0.309 e. The Morgan fingerprint density at radius 1 is 0.625 bits per heavy atom. The van der Waals surface area contributed by atoms with Gasteiger partial charge in [0.1, 0.15) is 6.10 Å². The summed E-state index contributed by atoms with van der Waals surface area (Å²) < 4.78 is 17.5. The van der Waals surface area contributed by atoms with Crippen molar-refractivity contribution in [2.75, 3.05) is 13.2 Å². The SMILES string of the molecule is O=C(OC1CCCC1)C1CCC(OCCOC2CCCCC2)CC1. The molecule has 0 heterocycles. The molecule has 3 rings (SSSR count). The summed E-state index contributed by atoms with van der Waals surface area (Å²) in [5, 5.41) is 0. The van der Waals surface area contributed by atoms with E-state index in [4.69, 9.17) is 14.2 Å². The minimum atomic E-state index is 0.0426. The fraction of sp³-hybridized carbons (Fsp3) is 0.950. The van der Waals surface area contributed by atoms with Gasteiger partial charge in [0.15, 0.2) is 0 Å². The zero-order chi connectivity index (χ0) is 16.6. The Bertz CT molecular complexity index is 364. The normalized spacial score (nSPS) is 29.7. The molecule has 4 heteroatoms. The molecule has 3 fully saturated rings. The first-order valence-corrected chi connectivity index (χ1v) is 10.2. The molecule has 0 unspecified atom stereocenters. The average Bonchev–Trinajstić information content (AvgIpc) is 3.13. The van der Waals surface area contributed by atoms with Crippen LogP contribution in [0.15, 0.2) is 0 Å². The molecule has 0 aromatic heterocycles. The highest BCUT2D eigenvalue weighted by Gasteiger charge is 2.30. The van der Waals surface area contributed by atoms with E-state index in [9.17, 15) is 4.79 Å². The van der Waals surface area contributed by atoms with Crippen LogP contribution in [0.25, 0.3) is 0 Å². The van der Waals surface area contributed by atoms with E-state index in [2.05, 4.69) is 0 Å². The summed E-state index contributed by atoms with van der Waals surface area (Å²) in [5.74, 6) is 0.143. The van der Waals surface area contributed by atoms with E-state index in [0.29, 0.717) is 25.4 Å². The van der Waals surface area contributed by atoms with E-state index >= 15 is 0 Å². The number of hydrogen-bond donors (Lipinski definition) is 0. The highest BCUT2D eigenvalue weighted by molar-refractivity contribution is 5.72. The molecule has 0 bridgehead atoms. The summed E-state index contributed by atoms with van der Waals surface area (Å²) in [5.41, 5.74) is 0. The maximum absolute atomic E-state index is 12.2. The van der Waals surface area contributed by atoms with Gasteiger partial charge in [0.2, 0.25) is 0 Å². The van der Waals surface area contributed by atoms with E-state index in [0.717, 1.165) is 38.5 Å². The molecule has 3 aliphatic carbocycles. The lowest BCUT2D eigenvalue weighted by molar-refractivity contribution is -0.156. The molecule has 24 heavy (non-hydrogen) atoms. The van der Waals surface area contributed by atoms with Crippen molar-refractivity contribution in [3.05, 3.63) is 0 Å². The van der Waals surface area contributed by atoms with Crippen molar-refractivity contribution >= 4 is 5.97 Å². The summed E-state index contributed by atoms with van der Waals surface area (Å²) >= 11 is 0. The van der Waals surface area contributed by atoms with E-state index in [1.807, 2.05) is 0 Å². The van der Waals surface area contributed by atoms with Gasteiger partial charge in [-0.3, -0.25) is 4.79 Å². The van der Waals surface area contributed by atoms with Crippen molar-refractivity contribution in [1.82, 2.24) is 0 Å². The van der Waals surface area contributed by atoms with Crippen molar-refractivity contribution in [1.29, 1.82) is 0 Å². The van der Waals surface area contributed by atoms with Crippen molar-refractivity contribution < 1.29 is 19.0 Å². The van der Waals surface area contributed by atoms with Crippen molar-refractivity contribution in [2.24, 2.45) is 5.92 Å². The molecule has 138 valence electrons. The number of carbonyl (C=O) groups excluding carboxylic acids is 1. The molecule has 0 N–H and O–H groups in total. The van der Waals surface area contributed by atoms with E-state index < -0.39 is 0 Å². The predicted octanol–water partition coefficient (Wildman–Crippen LogP) is 4.40. The second-order valence-electron chi connectivity index (χ2n) is 7.82. The third-order valence-corrected chi connectivity index (χ3v) is 5.94. The van der Waals surface area contributed by atoms with Crippen LogP contribution < -0.4 is 0 Å². The van der Waals surface area contributed by atoms with Crippen molar-refractivity contribution in [3.63, 3.8) is 0 Å². The fourth-order valence-corrected chi connectivity index (χ4v) is 4.39. The molecule has 0 radical (unpaired) electrons. The Hall–Kier alpha value is -0.610. The molecule has 0 atom stereocenters. The number of hydrogen-bond acceptors (Lipinski definition) is 4. The maximum atomic E-state index is 12.2. The molecule has 0 aliphatic heterocycles. The third kappa shape index (κ3) is 5.73. The van der Waals surface area contributed by atoms with Gasteiger partial charge in [-0.15, -0.1) is 0 Å². The minimum absolute atomic E-state index is 0.0426. The van der Waals surface area contributed by atoms with Crippen LogP contribution in [0.4, 0.5) is 0 Å². The van der Waals surface area contributed by atoms with Gasteiger partial charge in [-0.1, -0.05) is 19.3 Å². The van der Waals surface area contributed by atoms with Crippen LogP contribution in [0.2, 0.25) is 0 Å². The van der Waals surface area contributed by atoms with Crippen LogP contribution in [-0.4, -0.2) is 37.5 Å². The van der Waals surface area contributed by atoms with E-state index in [1.165, 1.54) is 44.9 Å². The summed E-state index contributed by atoms with van der Waals surface area (Å²) in [6.07, 6.45) is 15.7. The largest absolute Gasteiger partial charge is 0.462 e. The van der Waals surface area contributed by atoms with Crippen LogP contribution in [-0.2, 0) is 19.0 Å². The van der Waals surface area contributed by atoms with Gasteiger partial charge in [-0.05, 0) is 64.2 Å². The molecule has 3 saturated carbocycles. The van der Waals surface area contributed by atoms with E-state index in [1.54, 1.807) is 0 Å². The molecular weight excluding hydrogens is 304 g/mol.